The van der Waals surface area contributed by atoms with E-state index in [0.717, 1.165) is 36.0 Å². The lowest BCUT2D eigenvalue weighted by Gasteiger charge is -2.16. The van der Waals surface area contributed by atoms with Gasteiger partial charge in [-0.1, -0.05) is 36.8 Å². The zero-order valence-corrected chi connectivity index (χ0v) is 12.8. The third-order valence-corrected chi connectivity index (χ3v) is 4.97. The molecule has 2 heterocycles. The Kier molecular flexibility index (Phi) is 3.45. The van der Waals surface area contributed by atoms with Crippen LogP contribution in [0, 0.1) is 11.8 Å². The number of benzene rings is 1. The molecule has 23 heavy (non-hydrogen) atoms. The van der Waals surface area contributed by atoms with E-state index in [0.29, 0.717) is 6.54 Å². The molecule has 2 aromatic rings. The van der Waals surface area contributed by atoms with Crippen molar-refractivity contribution in [1.29, 1.82) is 0 Å². The van der Waals surface area contributed by atoms with E-state index in [1.165, 1.54) is 4.90 Å². The van der Waals surface area contributed by atoms with Gasteiger partial charge in [0.2, 0.25) is 11.8 Å². The molecule has 2 unspecified atom stereocenters. The molecule has 2 aliphatic rings. The van der Waals surface area contributed by atoms with Crippen LogP contribution in [-0.2, 0) is 16.1 Å². The van der Waals surface area contributed by atoms with E-state index >= 15 is 0 Å². The molecule has 116 valence electrons. The monoisotopic (exact) mass is 306 g/mol. The first-order valence-corrected chi connectivity index (χ1v) is 8.08. The maximum Gasteiger partial charge on any atom is 0.233 e. The predicted octanol–water partition coefficient (Wildman–Crippen LogP) is 3.03. The van der Waals surface area contributed by atoms with Crippen molar-refractivity contribution in [3.8, 4) is 11.1 Å². The Bertz CT molecular complexity index is 718. The summed E-state index contributed by atoms with van der Waals surface area (Å²) in [4.78, 5) is 30.3. The van der Waals surface area contributed by atoms with E-state index in [-0.39, 0.29) is 23.7 Å². The zero-order valence-electron chi connectivity index (χ0n) is 12.8. The lowest BCUT2D eigenvalue weighted by atomic mass is 10.00. The number of hydrogen-bond acceptors (Lipinski definition) is 3. The van der Waals surface area contributed by atoms with E-state index in [2.05, 4.69) is 4.98 Å². The van der Waals surface area contributed by atoms with Gasteiger partial charge in [-0.2, -0.15) is 0 Å². The van der Waals surface area contributed by atoms with Gasteiger partial charge in [0, 0.05) is 12.4 Å². The second kappa shape index (κ2) is 5.61. The number of imide groups is 1. The average molecular weight is 306 g/mol. The molecule has 1 saturated carbocycles. The van der Waals surface area contributed by atoms with Gasteiger partial charge in [-0.25, -0.2) is 0 Å². The normalized spacial score (nSPS) is 23.4. The quantitative estimate of drug-likeness (QED) is 0.819. The Balaban J connectivity index is 1.52. The molecule has 0 radical (unpaired) electrons. The summed E-state index contributed by atoms with van der Waals surface area (Å²) in [6.45, 7) is 0.387. The number of amides is 2. The second-order valence-electron chi connectivity index (χ2n) is 6.35. The number of pyridine rings is 1. The molecule has 4 heteroatoms. The minimum Gasteiger partial charge on any atom is -0.278 e. The molecule has 4 rings (SSSR count). The first-order valence-electron chi connectivity index (χ1n) is 8.08. The molecule has 0 bridgehead atoms. The summed E-state index contributed by atoms with van der Waals surface area (Å²) in [5, 5.41) is 0. The highest BCUT2D eigenvalue weighted by atomic mass is 16.2. The molecule has 1 aliphatic heterocycles. The van der Waals surface area contributed by atoms with E-state index in [4.69, 9.17) is 0 Å². The number of rotatable bonds is 3. The number of carbonyl (C=O) groups is 2. The Morgan fingerprint density at radius 3 is 2.26 bits per heavy atom. The molecule has 0 N–H and O–H groups in total. The summed E-state index contributed by atoms with van der Waals surface area (Å²) in [6, 6.07) is 11.9. The lowest BCUT2D eigenvalue weighted by Crippen LogP contribution is -2.31. The van der Waals surface area contributed by atoms with Gasteiger partial charge in [0.05, 0.1) is 18.4 Å². The SMILES string of the molecule is O=C1C2CCCC2C(=O)N1Cc1ccc(-c2cccnc2)cc1. The summed E-state index contributed by atoms with van der Waals surface area (Å²) in [6.07, 6.45) is 6.31. The van der Waals surface area contributed by atoms with E-state index < -0.39 is 0 Å². The van der Waals surface area contributed by atoms with E-state index in [1.54, 1.807) is 6.20 Å². The van der Waals surface area contributed by atoms with Gasteiger partial charge in [0.15, 0.2) is 0 Å². The minimum absolute atomic E-state index is 0.0221. The van der Waals surface area contributed by atoms with Crippen LogP contribution < -0.4 is 0 Å². The molecule has 1 aromatic carbocycles. The molecule has 0 spiro atoms. The van der Waals surface area contributed by atoms with Crippen LogP contribution in [0.25, 0.3) is 11.1 Å². The highest BCUT2D eigenvalue weighted by molar-refractivity contribution is 6.05. The molecular weight excluding hydrogens is 288 g/mol. The fourth-order valence-corrected chi connectivity index (χ4v) is 3.73. The van der Waals surface area contributed by atoms with Crippen molar-refractivity contribution < 1.29 is 9.59 Å². The topological polar surface area (TPSA) is 50.3 Å². The number of likely N-dealkylation sites (tertiary alicyclic amines) is 1. The van der Waals surface area contributed by atoms with Crippen molar-refractivity contribution in [3.05, 3.63) is 54.4 Å². The number of hydrogen-bond donors (Lipinski definition) is 0. The zero-order chi connectivity index (χ0) is 15.8. The summed E-state index contributed by atoms with van der Waals surface area (Å²) >= 11 is 0. The van der Waals surface area contributed by atoms with Gasteiger partial charge >= 0.3 is 0 Å². The Labute approximate surface area is 135 Å². The van der Waals surface area contributed by atoms with Crippen LogP contribution in [0.3, 0.4) is 0 Å². The minimum atomic E-state index is -0.0582. The van der Waals surface area contributed by atoms with Gasteiger partial charge < -0.3 is 0 Å². The van der Waals surface area contributed by atoms with Crippen molar-refractivity contribution in [1.82, 2.24) is 9.88 Å². The fraction of sp³-hybridized carbons (Fsp3) is 0.316. The molecular formula is C19H18N2O2. The third kappa shape index (κ3) is 2.44. The second-order valence-corrected chi connectivity index (χ2v) is 6.35. The van der Waals surface area contributed by atoms with E-state index in [1.807, 2.05) is 42.6 Å². The molecule has 1 aliphatic carbocycles. The Hall–Kier alpha value is -2.49. The lowest BCUT2D eigenvalue weighted by molar-refractivity contribution is -0.141. The van der Waals surface area contributed by atoms with Gasteiger partial charge in [0.1, 0.15) is 0 Å². The van der Waals surface area contributed by atoms with Gasteiger partial charge in [-0.05, 0) is 35.6 Å². The predicted molar refractivity (Wildman–Crippen MR) is 86.1 cm³/mol. The van der Waals surface area contributed by atoms with Crippen molar-refractivity contribution in [2.75, 3.05) is 0 Å². The van der Waals surface area contributed by atoms with Crippen molar-refractivity contribution in [3.63, 3.8) is 0 Å². The smallest absolute Gasteiger partial charge is 0.233 e. The van der Waals surface area contributed by atoms with Crippen LogP contribution >= 0.6 is 0 Å². The van der Waals surface area contributed by atoms with Gasteiger partial charge in [-0.3, -0.25) is 19.5 Å². The summed E-state index contributed by atoms with van der Waals surface area (Å²) < 4.78 is 0. The summed E-state index contributed by atoms with van der Waals surface area (Å²) in [7, 11) is 0. The number of aromatic nitrogens is 1. The molecule has 4 nitrogen and oxygen atoms in total. The van der Waals surface area contributed by atoms with Crippen LogP contribution in [0.2, 0.25) is 0 Å². The molecule has 2 amide bonds. The number of nitrogens with zero attached hydrogens (tertiary/aromatic N) is 2. The third-order valence-electron chi connectivity index (χ3n) is 4.97. The van der Waals surface area contributed by atoms with E-state index in [9.17, 15) is 9.59 Å². The average Bonchev–Trinajstić information content (AvgIpc) is 3.16. The van der Waals surface area contributed by atoms with Crippen LogP contribution in [-0.4, -0.2) is 21.7 Å². The summed E-state index contributed by atoms with van der Waals surface area (Å²) in [5.41, 5.74) is 3.12. The number of carbonyl (C=O) groups excluding carboxylic acids is 2. The van der Waals surface area contributed by atoms with Crippen molar-refractivity contribution in [2.45, 2.75) is 25.8 Å². The standard InChI is InChI=1S/C19H18N2O2/c22-18-16-4-1-5-17(16)19(23)21(18)12-13-6-8-14(9-7-13)15-3-2-10-20-11-15/h2-3,6-11,16-17H,1,4-5,12H2. The van der Waals surface area contributed by atoms with Crippen LogP contribution in [0.15, 0.2) is 48.8 Å². The van der Waals surface area contributed by atoms with Crippen molar-refractivity contribution in [2.24, 2.45) is 11.8 Å². The van der Waals surface area contributed by atoms with Crippen LogP contribution in [0.1, 0.15) is 24.8 Å². The van der Waals surface area contributed by atoms with Gasteiger partial charge in [0.25, 0.3) is 0 Å². The Morgan fingerprint density at radius 2 is 1.65 bits per heavy atom. The van der Waals surface area contributed by atoms with Crippen molar-refractivity contribution >= 4 is 11.8 Å². The van der Waals surface area contributed by atoms with Crippen LogP contribution in [0.5, 0.6) is 0 Å². The molecule has 2 fully saturated rings. The molecule has 1 aromatic heterocycles. The van der Waals surface area contributed by atoms with Gasteiger partial charge in [-0.15, -0.1) is 0 Å². The highest BCUT2D eigenvalue weighted by Crippen LogP contribution is 2.40. The number of fused-ring (bicyclic) bond motifs is 1. The first-order chi connectivity index (χ1) is 11.2. The largest absolute Gasteiger partial charge is 0.278 e. The van der Waals surface area contributed by atoms with Crippen LogP contribution in [0.4, 0.5) is 0 Å². The fourth-order valence-electron chi connectivity index (χ4n) is 3.73. The molecule has 2 atom stereocenters. The maximum atomic E-state index is 12.4. The first kappa shape index (κ1) is 14.1. The Morgan fingerprint density at radius 1 is 0.957 bits per heavy atom. The highest BCUT2D eigenvalue weighted by Gasteiger charge is 2.49. The molecule has 1 saturated heterocycles. The summed E-state index contributed by atoms with van der Waals surface area (Å²) in [5.74, 6) is -0.0722. The maximum absolute atomic E-state index is 12.4.